The molecule has 4 nitrogen and oxygen atoms in total. The van der Waals surface area contributed by atoms with Crippen LogP contribution < -0.4 is 10.5 Å². The van der Waals surface area contributed by atoms with Gasteiger partial charge in [0, 0.05) is 12.6 Å². The Labute approximate surface area is 128 Å². The Hall–Kier alpha value is -1.49. The largest absolute Gasteiger partial charge is 0.496 e. The fourth-order valence-electron chi connectivity index (χ4n) is 2.04. The van der Waals surface area contributed by atoms with Crippen molar-refractivity contribution in [3.63, 3.8) is 0 Å². The SMILES string of the molecule is COc1ccc(C(C)(C)C)cc1-c1nn(C)c(N)c1Br. The zero-order valence-electron chi connectivity index (χ0n) is 12.5. The van der Waals surface area contributed by atoms with Gasteiger partial charge in [-0.2, -0.15) is 5.10 Å². The van der Waals surface area contributed by atoms with Crippen molar-refractivity contribution in [3.05, 3.63) is 28.2 Å². The maximum atomic E-state index is 5.97. The molecule has 0 aliphatic rings. The van der Waals surface area contributed by atoms with E-state index in [0.29, 0.717) is 5.82 Å². The summed E-state index contributed by atoms with van der Waals surface area (Å²) in [4.78, 5) is 0. The smallest absolute Gasteiger partial charge is 0.136 e. The Morgan fingerprint density at radius 1 is 1.30 bits per heavy atom. The fourth-order valence-corrected chi connectivity index (χ4v) is 2.59. The van der Waals surface area contributed by atoms with Gasteiger partial charge in [0.05, 0.1) is 11.6 Å². The van der Waals surface area contributed by atoms with Gasteiger partial charge in [-0.25, -0.2) is 0 Å². The minimum atomic E-state index is 0.0633. The minimum Gasteiger partial charge on any atom is -0.496 e. The summed E-state index contributed by atoms with van der Waals surface area (Å²) in [5.74, 6) is 1.39. The molecule has 108 valence electrons. The zero-order valence-corrected chi connectivity index (χ0v) is 14.1. The van der Waals surface area contributed by atoms with Crippen molar-refractivity contribution in [1.29, 1.82) is 0 Å². The van der Waals surface area contributed by atoms with Gasteiger partial charge in [0.1, 0.15) is 17.3 Å². The monoisotopic (exact) mass is 337 g/mol. The molecule has 0 unspecified atom stereocenters. The van der Waals surface area contributed by atoms with Crippen molar-refractivity contribution >= 4 is 21.7 Å². The van der Waals surface area contributed by atoms with E-state index in [4.69, 9.17) is 10.5 Å². The second kappa shape index (κ2) is 5.13. The highest BCUT2D eigenvalue weighted by Crippen LogP contribution is 2.39. The van der Waals surface area contributed by atoms with Gasteiger partial charge in [-0.05, 0) is 39.0 Å². The number of hydrogen-bond donors (Lipinski definition) is 1. The van der Waals surface area contributed by atoms with Gasteiger partial charge in [-0.3, -0.25) is 4.68 Å². The van der Waals surface area contributed by atoms with Crippen LogP contribution in [0.15, 0.2) is 22.7 Å². The average Bonchev–Trinajstić information content (AvgIpc) is 2.64. The van der Waals surface area contributed by atoms with Crippen LogP contribution in [0, 0.1) is 0 Å². The third kappa shape index (κ3) is 2.54. The second-order valence-corrected chi connectivity index (χ2v) is 6.63. The van der Waals surface area contributed by atoms with E-state index in [1.807, 2.05) is 13.1 Å². The number of nitrogens with two attached hydrogens (primary N) is 1. The first-order chi connectivity index (χ1) is 9.25. The highest BCUT2D eigenvalue weighted by molar-refractivity contribution is 9.10. The molecule has 1 heterocycles. The van der Waals surface area contributed by atoms with Crippen molar-refractivity contribution in [1.82, 2.24) is 9.78 Å². The molecule has 1 aromatic carbocycles. The molecular formula is C15H20BrN3O. The number of hydrogen-bond acceptors (Lipinski definition) is 3. The van der Waals surface area contributed by atoms with Crippen LogP contribution in [0.5, 0.6) is 5.75 Å². The summed E-state index contributed by atoms with van der Waals surface area (Å²) < 4.78 is 7.91. The molecule has 0 bridgehead atoms. The van der Waals surface area contributed by atoms with Crippen molar-refractivity contribution in [2.24, 2.45) is 7.05 Å². The molecule has 1 aromatic heterocycles. The van der Waals surface area contributed by atoms with E-state index < -0.39 is 0 Å². The average molecular weight is 338 g/mol. The number of ether oxygens (including phenoxy) is 1. The van der Waals surface area contributed by atoms with Crippen molar-refractivity contribution in [3.8, 4) is 17.0 Å². The standard InChI is InChI=1S/C15H20BrN3O/c1-15(2,3)9-6-7-11(20-5)10(8-9)13-12(16)14(17)19(4)18-13/h6-8H,17H2,1-5H3. The Morgan fingerprint density at radius 2 is 1.95 bits per heavy atom. The maximum Gasteiger partial charge on any atom is 0.136 e. The van der Waals surface area contributed by atoms with Gasteiger partial charge in [0.2, 0.25) is 0 Å². The molecular weight excluding hydrogens is 318 g/mol. The van der Waals surface area contributed by atoms with Crippen LogP contribution in [0.4, 0.5) is 5.82 Å². The van der Waals surface area contributed by atoms with Crippen LogP contribution in [0.25, 0.3) is 11.3 Å². The molecule has 0 aliphatic carbocycles. The number of rotatable bonds is 2. The fraction of sp³-hybridized carbons (Fsp3) is 0.400. The topological polar surface area (TPSA) is 53.1 Å². The highest BCUT2D eigenvalue weighted by atomic mass is 79.9. The number of nitrogens with zero attached hydrogens (tertiary/aromatic N) is 2. The second-order valence-electron chi connectivity index (χ2n) is 5.84. The molecule has 0 aliphatic heterocycles. The Kier molecular flexibility index (Phi) is 3.82. The van der Waals surface area contributed by atoms with Crippen molar-refractivity contribution in [2.75, 3.05) is 12.8 Å². The number of anilines is 1. The van der Waals surface area contributed by atoms with Crippen LogP contribution in [-0.2, 0) is 12.5 Å². The van der Waals surface area contributed by atoms with Crippen LogP contribution in [-0.4, -0.2) is 16.9 Å². The van der Waals surface area contributed by atoms with E-state index in [1.54, 1.807) is 11.8 Å². The van der Waals surface area contributed by atoms with Gasteiger partial charge in [-0.1, -0.05) is 26.8 Å². The van der Waals surface area contributed by atoms with Crippen LogP contribution in [0.2, 0.25) is 0 Å². The quantitative estimate of drug-likeness (QED) is 0.908. The maximum absolute atomic E-state index is 5.97. The number of aromatic nitrogens is 2. The van der Waals surface area contributed by atoms with Gasteiger partial charge in [0.25, 0.3) is 0 Å². The molecule has 0 spiro atoms. The summed E-state index contributed by atoms with van der Waals surface area (Å²) in [6.45, 7) is 6.54. The number of halogens is 1. The lowest BCUT2D eigenvalue weighted by molar-refractivity contribution is 0.415. The first-order valence-corrected chi connectivity index (χ1v) is 7.22. The summed E-state index contributed by atoms with van der Waals surface area (Å²) in [7, 11) is 3.49. The third-order valence-electron chi connectivity index (χ3n) is 3.35. The molecule has 0 saturated heterocycles. The summed E-state index contributed by atoms with van der Waals surface area (Å²) in [5.41, 5.74) is 9.00. The van der Waals surface area contributed by atoms with Crippen LogP contribution >= 0.6 is 15.9 Å². The number of methoxy groups -OCH3 is 1. The lowest BCUT2D eigenvalue weighted by atomic mass is 9.85. The zero-order chi connectivity index (χ0) is 15.1. The summed E-state index contributed by atoms with van der Waals surface area (Å²) in [6, 6.07) is 6.18. The molecule has 5 heteroatoms. The predicted molar refractivity (Wildman–Crippen MR) is 86.0 cm³/mol. The van der Waals surface area contributed by atoms with E-state index in [1.165, 1.54) is 5.56 Å². The first-order valence-electron chi connectivity index (χ1n) is 6.42. The molecule has 2 rings (SSSR count). The lowest BCUT2D eigenvalue weighted by Crippen LogP contribution is -2.11. The van der Waals surface area contributed by atoms with E-state index >= 15 is 0 Å². The molecule has 2 aromatic rings. The van der Waals surface area contributed by atoms with Gasteiger partial charge in [-0.15, -0.1) is 0 Å². The molecule has 20 heavy (non-hydrogen) atoms. The predicted octanol–water partition coefficient (Wildman–Crippen LogP) is 3.74. The van der Waals surface area contributed by atoms with Gasteiger partial charge < -0.3 is 10.5 Å². The Bertz CT molecular complexity index is 641. The van der Waals surface area contributed by atoms with Crippen LogP contribution in [0.1, 0.15) is 26.3 Å². The summed E-state index contributed by atoms with van der Waals surface area (Å²) >= 11 is 3.51. The normalized spacial score (nSPS) is 11.7. The molecule has 0 amide bonds. The summed E-state index contributed by atoms with van der Waals surface area (Å²) in [5, 5.41) is 4.48. The lowest BCUT2D eigenvalue weighted by Gasteiger charge is -2.20. The molecule has 0 radical (unpaired) electrons. The summed E-state index contributed by atoms with van der Waals surface area (Å²) in [6.07, 6.45) is 0. The van der Waals surface area contributed by atoms with Gasteiger partial charge in [0.15, 0.2) is 0 Å². The van der Waals surface area contributed by atoms with Gasteiger partial charge >= 0.3 is 0 Å². The third-order valence-corrected chi connectivity index (χ3v) is 4.13. The van der Waals surface area contributed by atoms with E-state index in [0.717, 1.165) is 21.5 Å². The Balaban J connectivity index is 2.67. The van der Waals surface area contributed by atoms with Crippen LogP contribution in [0.3, 0.4) is 0 Å². The minimum absolute atomic E-state index is 0.0633. The molecule has 0 saturated carbocycles. The molecule has 2 N–H and O–H groups in total. The molecule has 0 atom stereocenters. The van der Waals surface area contributed by atoms with E-state index in [9.17, 15) is 0 Å². The van der Waals surface area contributed by atoms with Crippen molar-refractivity contribution < 1.29 is 4.74 Å². The number of benzene rings is 1. The Morgan fingerprint density at radius 3 is 2.40 bits per heavy atom. The van der Waals surface area contributed by atoms with Crippen molar-refractivity contribution in [2.45, 2.75) is 26.2 Å². The van der Waals surface area contributed by atoms with E-state index in [2.05, 4.69) is 53.9 Å². The highest BCUT2D eigenvalue weighted by Gasteiger charge is 2.20. The number of nitrogen functional groups attached to an aromatic ring is 1. The molecule has 0 fully saturated rings. The first kappa shape index (κ1) is 14.9. The van der Waals surface area contributed by atoms with E-state index in [-0.39, 0.29) is 5.41 Å². The number of aryl methyl sites for hydroxylation is 1.